The van der Waals surface area contributed by atoms with Gasteiger partial charge >= 0.3 is 5.97 Å². The molecule has 0 aliphatic heterocycles. The van der Waals surface area contributed by atoms with E-state index in [1.165, 1.54) is 12.1 Å². The number of hydrogen-bond donors (Lipinski definition) is 0. The van der Waals surface area contributed by atoms with Gasteiger partial charge in [0.05, 0.1) is 31.1 Å². The van der Waals surface area contributed by atoms with Crippen LogP contribution in [0.1, 0.15) is 32.8 Å². The van der Waals surface area contributed by atoms with Crippen molar-refractivity contribution in [3.05, 3.63) is 29.8 Å². The monoisotopic (exact) mass is 344 g/mol. The molecule has 0 aliphatic rings. The lowest BCUT2D eigenvalue weighted by Gasteiger charge is -2.19. The number of ether oxygens (including phenoxy) is 2. The Morgan fingerprint density at radius 3 is 2.22 bits per heavy atom. The molecule has 23 heavy (non-hydrogen) atoms. The third kappa shape index (κ3) is 8.11. The van der Waals surface area contributed by atoms with Gasteiger partial charge in [-0.3, -0.25) is 8.98 Å². The number of carbonyl (C=O) groups excluding carboxylic acids is 1. The summed E-state index contributed by atoms with van der Waals surface area (Å²) in [5.41, 5.74) is 0.442. The van der Waals surface area contributed by atoms with Gasteiger partial charge in [0, 0.05) is 0 Å². The van der Waals surface area contributed by atoms with Crippen LogP contribution in [0.3, 0.4) is 0 Å². The van der Waals surface area contributed by atoms with E-state index < -0.39 is 15.7 Å². The van der Waals surface area contributed by atoms with E-state index in [-0.39, 0.29) is 37.1 Å². The zero-order chi connectivity index (χ0) is 17.5. The molecule has 0 atom stereocenters. The van der Waals surface area contributed by atoms with Crippen LogP contribution in [0, 0.1) is 6.92 Å². The van der Waals surface area contributed by atoms with E-state index in [0.717, 1.165) is 5.56 Å². The molecular weight excluding hydrogens is 320 g/mol. The SMILES string of the molecule is Cc1ccc(S(=O)(=O)OCCOCCC(=O)OC(C)(C)C)cc1. The van der Waals surface area contributed by atoms with Crippen molar-refractivity contribution in [2.45, 2.75) is 44.6 Å². The molecule has 0 fully saturated rings. The fraction of sp³-hybridized carbons (Fsp3) is 0.562. The molecule has 6 nitrogen and oxygen atoms in total. The molecule has 0 aromatic heterocycles. The second-order valence-corrected chi connectivity index (χ2v) is 7.65. The van der Waals surface area contributed by atoms with Crippen LogP contribution < -0.4 is 0 Å². The van der Waals surface area contributed by atoms with E-state index in [1.54, 1.807) is 32.9 Å². The molecule has 130 valence electrons. The molecule has 1 aromatic rings. The van der Waals surface area contributed by atoms with Gasteiger partial charge in [0.15, 0.2) is 0 Å². The van der Waals surface area contributed by atoms with Crippen molar-refractivity contribution in [3.8, 4) is 0 Å². The highest BCUT2D eigenvalue weighted by Crippen LogP contribution is 2.13. The van der Waals surface area contributed by atoms with Gasteiger partial charge in [-0.15, -0.1) is 0 Å². The summed E-state index contributed by atoms with van der Waals surface area (Å²) in [7, 11) is -3.78. The van der Waals surface area contributed by atoms with Gasteiger partial charge in [0.1, 0.15) is 5.60 Å². The molecule has 0 N–H and O–H groups in total. The van der Waals surface area contributed by atoms with Gasteiger partial charge in [-0.2, -0.15) is 8.42 Å². The van der Waals surface area contributed by atoms with Crippen molar-refractivity contribution in [3.63, 3.8) is 0 Å². The maximum atomic E-state index is 11.9. The maximum absolute atomic E-state index is 11.9. The van der Waals surface area contributed by atoms with Gasteiger partial charge in [-0.25, -0.2) is 0 Å². The van der Waals surface area contributed by atoms with E-state index in [2.05, 4.69) is 0 Å². The van der Waals surface area contributed by atoms with Crippen LogP contribution in [0.5, 0.6) is 0 Å². The minimum Gasteiger partial charge on any atom is -0.460 e. The molecule has 1 aromatic carbocycles. The van der Waals surface area contributed by atoms with Crippen molar-refractivity contribution in [2.75, 3.05) is 19.8 Å². The molecule has 0 radical (unpaired) electrons. The van der Waals surface area contributed by atoms with Crippen LogP contribution in [0.15, 0.2) is 29.2 Å². The van der Waals surface area contributed by atoms with Crippen LogP contribution in [-0.4, -0.2) is 39.8 Å². The van der Waals surface area contributed by atoms with E-state index in [1.807, 2.05) is 6.92 Å². The summed E-state index contributed by atoms with van der Waals surface area (Å²) < 4.78 is 39.0. The molecule has 0 heterocycles. The summed E-state index contributed by atoms with van der Waals surface area (Å²) in [6.07, 6.45) is 0.113. The summed E-state index contributed by atoms with van der Waals surface area (Å²) in [5.74, 6) is -0.356. The molecule has 0 amide bonds. The number of carbonyl (C=O) groups is 1. The lowest BCUT2D eigenvalue weighted by molar-refractivity contribution is -0.156. The third-order valence-electron chi connectivity index (χ3n) is 2.65. The molecule has 0 saturated heterocycles. The molecule has 0 unspecified atom stereocenters. The second kappa shape index (κ2) is 8.42. The number of rotatable bonds is 8. The Hall–Kier alpha value is -1.44. The predicted molar refractivity (Wildman–Crippen MR) is 85.6 cm³/mol. The Bertz CT molecular complexity index is 598. The molecule has 7 heteroatoms. The van der Waals surface area contributed by atoms with E-state index in [9.17, 15) is 13.2 Å². The van der Waals surface area contributed by atoms with Gasteiger partial charge in [-0.1, -0.05) is 17.7 Å². The largest absolute Gasteiger partial charge is 0.460 e. The highest BCUT2D eigenvalue weighted by Gasteiger charge is 2.16. The lowest BCUT2D eigenvalue weighted by atomic mass is 10.2. The number of benzene rings is 1. The van der Waals surface area contributed by atoms with Crippen LogP contribution in [0.2, 0.25) is 0 Å². The first-order valence-electron chi connectivity index (χ1n) is 7.36. The Labute approximate surface area is 137 Å². The first-order valence-corrected chi connectivity index (χ1v) is 8.77. The molecular formula is C16H24O6S. The first kappa shape index (κ1) is 19.6. The zero-order valence-corrected chi connectivity index (χ0v) is 14.8. The Kier molecular flexibility index (Phi) is 7.18. The van der Waals surface area contributed by atoms with Gasteiger partial charge in [-0.05, 0) is 39.8 Å². The number of hydrogen-bond acceptors (Lipinski definition) is 6. The fourth-order valence-electron chi connectivity index (χ4n) is 1.63. The van der Waals surface area contributed by atoms with Crippen LogP contribution in [0.4, 0.5) is 0 Å². The number of esters is 1. The quantitative estimate of drug-likeness (QED) is 0.409. The highest BCUT2D eigenvalue weighted by molar-refractivity contribution is 7.86. The molecule has 0 spiro atoms. The summed E-state index contributed by atoms with van der Waals surface area (Å²) in [6, 6.07) is 6.39. The van der Waals surface area contributed by atoms with E-state index >= 15 is 0 Å². The van der Waals surface area contributed by atoms with Crippen LogP contribution in [0.25, 0.3) is 0 Å². The first-order chi connectivity index (χ1) is 10.6. The summed E-state index contributed by atoms with van der Waals surface area (Å²) in [4.78, 5) is 11.5. The van der Waals surface area contributed by atoms with Gasteiger partial charge in [0.2, 0.25) is 0 Å². The molecule has 0 saturated carbocycles. The fourth-order valence-corrected chi connectivity index (χ4v) is 2.52. The smallest absolute Gasteiger partial charge is 0.308 e. The van der Waals surface area contributed by atoms with Crippen LogP contribution >= 0.6 is 0 Å². The normalized spacial score (nSPS) is 12.2. The minimum absolute atomic E-state index is 0.0773. The topological polar surface area (TPSA) is 78.9 Å². The van der Waals surface area contributed by atoms with E-state index in [4.69, 9.17) is 13.7 Å². The standard InChI is InChI=1S/C16H24O6S/c1-13-5-7-14(8-6-13)23(18,19)21-12-11-20-10-9-15(17)22-16(2,3)4/h5-8H,9-12H2,1-4H3. The van der Waals surface area contributed by atoms with Crippen molar-refractivity contribution >= 4 is 16.1 Å². The van der Waals surface area contributed by atoms with Crippen molar-refractivity contribution < 1.29 is 26.9 Å². The maximum Gasteiger partial charge on any atom is 0.308 e. The highest BCUT2D eigenvalue weighted by atomic mass is 32.2. The second-order valence-electron chi connectivity index (χ2n) is 6.04. The lowest BCUT2D eigenvalue weighted by Crippen LogP contribution is -2.24. The zero-order valence-electron chi connectivity index (χ0n) is 14.0. The third-order valence-corrected chi connectivity index (χ3v) is 3.97. The molecule has 0 aliphatic carbocycles. The average Bonchev–Trinajstić information content (AvgIpc) is 2.41. The average molecular weight is 344 g/mol. The van der Waals surface area contributed by atoms with Gasteiger partial charge < -0.3 is 9.47 Å². The summed E-state index contributed by atoms with van der Waals surface area (Å²) in [5, 5.41) is 0. The summed E-state index contributed by atoms with van der Waals surface area (Å²) in [6.45, 7) is 7.36. The Balaban J connectivity index is 2.24. The van der Waals surface area contributed by atoms with Crippen LogP contribution in [-0.2, 0) is 28.6 Å². The van der Waals surface area contributed by atoms with Crippen molar-refractivity contribution in [1.82, 2.24) is 0 Å². The van der Waals surface area contributed by atoms with Crippen molar-refractivity contribution in [2.24, 2.45) is 0 Å². The number of aryl methyl sites for hydroxylation is 1. The minimum atomic E-state index is -3.78. The Morgan fingerprint density at radius 1 is 1.04 bits per heavy atom. The van der Waals surface area contributed by atoms with Crippen molar-refractivity contribution in [1.29, 1.82) is 0 Å². The van der Waals surface area contributed by atoms with E-state index in [0.29, 0.717) is 0 Å². The Morgan fingerprint density at radius 2 is 1.65 bits per heavy atom. The molecule has 0 bridgehead atoms. The summed E-state index contributed by atoms with van der Waals surface area (Å²) >= 11 is 0. The van der Waals surface area contributed by atoms with Gasteiger partial charge in [0.25, 0.3) is 10.1 Å². The predicted octanol–water partition coefficient (Wildman–Crippen LogP) is 2.45. The molecule has 1 rings (SSSR count).